The van der Waals surface area contributed by atoms with Gasteiger partial charge in [0.05, 0.1) is 38.0 Å². The molecule has 2 rings (SSSR count). The third-order valence-corrected chi connectivity index (χ3v) is 3.31. The summed E-state index contributed by atoms with van der Waals surface area (Å²) in [5.41, 5.74) is 0.486. The SMILES string of the molecule is COc1cc([N+](=O)[O-])ccc1NC(=O)Nc1c(OC)cccc1OC. The first-order chi connectivity index (χ1) is 12.0. The molecule has 2 N–H and O–H groups in total. The number of benzene rings is 2. The van der Waals surface area contributed by atoms with Gasteiger partial charge >= 0.3 is 6.03 Å². The number of nitrogens with one attached hydrogen (secondary N) is 2. The first-order valence-corrected chi connectivity index (χ1v) is 7.11. The van der Waals surface area contributed by atoms with Gasteiger partial charge in [-0.2, -0.15) is 0 Å². The fraction of sp³-hybridized carbons (Fsp3) is 0.188. The second-order valence-corrected chi connectivity index (χ2v) is 4.76. The number of nitro groups is 1. The van der Waals surface area contributed by atoms with Crippen molar-refractivity contribution in [2.45, 2.75) is 0 Å². The largest absolute Gasteiger partial charge is 0.494 e. The molecular weight excluding hydrogens is 330 g/mol. The van der Waals surface area contributed by atoms with Crippen LogP contribution in [0.5, 0.6) is 17.2 Å². The van der Waals surface area contributed by atoms with Crippen LogP contribution >= 0.6 is 0 Å². The van der Waals surface area contributed by atoms with Crippen molar-refractivity contribution in [3.63, 3.8) is 0 Å². The standard InChI is InChI=1S/C16H17N3O6/c1-23-12-5-4-6-13(24-2)15(12)18-16(20)17-11-8-7-10(19(21)22)9-14(11)25-3/h4-9H,1-3H3,(H2,17,18,20). The molecule has 132 valence electrons. The summed E-state index contributed by atoms with van der Waals surface area (Å²) in [6.45, 7) is 0. The van der Waals surface area contributed by atoms with Gasteiger partial charge in [0, 0.05) is 6.07 Å². The van der Waals surface area contributed by atoms with E-state index in [4.69, 9.17) is 14.2 Å². The Morgan fingerprint density at radius 3 is 2.08 bits per heavy atom. The number of rotatable bonds is 6. The van der Waals surface area contributed by atoms with Gasteiger partial charge in [-0.25, -0.2) is 4.79 Å². The van der Waals surface area contributed by atoms with E-state index in [0.717, 1.165) is 0 Å². The van der Waals surface area contributed by atoms with E-state index in [-0.39, 0.29) is 17.1 Å². The quantitative estimate of drug-likeness (QED) is 0.613. The molecule has 0 fully saturated rings. The fourth-order valence-corrected chi connectivity index (χ4v) is 2.14. The fourth-order valence-electron chi connectivity index (χ4n) is 2.14. The molecule has 0 aliphatic heterocycles. The van der Waals surface area contributed by atoms with Crippen molar-refractivity contribution in [1.29, 1.82) is 0 Å². The second-order valence-electron chi connectivity index (χ2n) is 4.76. The number of hydrogen-bond donors (Lipinski definition) is 2. The summed E-state index contributed by atoms with van der Waals surface area (Å²) in [6.07, 6.45) is 0. The molecular formula is C16H17N3O6. The van der Waals surface area contributed by atoms with Crippen LogP contribution in [0, 0.1) is 10.1 Å². The van der Waals surface area contributed by atoms with Gasteiger partial charge in [-0.15, -0.1) is 0 Å². The second kappa shape index (κ2) is 7.86. The Morgan fingerprint density at radius 2 is 1.56 bits per heavy atom. The van der Waals surface area contributed by atoms with Crippen molar-refractivity contribution in [3.05, 3.63) is 46.5 Å². The Kier molecular flexibility index (Phi) is 5.62. The van der Waals surface area contributed by atoms with Crippen molar-refractivity contribution in [3.8, 4) is 17.2 Å². The third kappa shape index (κ3) is 4.08. The molecule has 2 aromatic carbocycles. The van der Waals surface area contributed by atoms with Crippen LogP contribution in [0.3, 0.4) is 0 Å². The molecule has 0 heterocycles. The maximum Gasteiger partial charge on any atom is 0.323 e. The third-order valence-electron chi connectivity index (χ3n) is 3.31. The first-order valence-electron chi connectivity index (χ1n) is 7.11. The maximum absolute atomic E-state index is 12.3. The van der Waals surface area contributed by atoms with E-state index in [1.165, 1.54) is 39.5 Å². The molecule has 0 aliphatic carbocycles. The molecule has 0 saturated heterocycles. The van der Waals surface area contributed by atoms with Gasteiger partial charge in [-0.1, -0.05) is 6.07 Å². The Bertz CT molecular complexity index is 771. The lowest BCUT2D eigenvalue weighted by Crippen LogP contribution is -2.20. The molecule has 9 heteroatoms. The summed E-state index contributed by atoms with van der Waals surface area (Å²) < 4.78 is 15.5. The van der Waals surface area contributed by atoms with E-state index in [2.05, 4.69) is 10.6 Å². The van der Waals surface area contributed by atoms with Crippen molar-refractivity contribution < 1.29 is 23.9 Å². The average molecular weight is 347 g/mol. The highest BCUT2D eigenvalue weighted by Crippen LogP contribution is 2.34. The summed E-state index contributed by atoms with van der Waals surface area (Å²) in [4.78, 5) is 22.5. The molecule has 0 spiro atoms. The number of carbonyl (C=O) groups is 1. The van der Waals surface area contributed by atoms with Crippen LogP contribution < -0.4 is 24.8 Å². The van der Waals surface area contributed by atoms with Crippen LogP contribution in [0.15, 0.2) is 36.4 Å². The minimum absolute atomic E-state index is 0.144. The molecule has 0 unspecified atom stereocenters. The van der Waals surface area contributed by atoms with E-state index in [0.29, 0.717) is 17.2 Å². The van der Waals surface area contributed by atoms with Crippen molar-refractivity contribution >= 4 is 23.1 Å². The van der Waals surface area contributed by atoms with Crippen molar-refractivity contribution in [2.75, 3.05) is 32.0 Å². The number of urea groups is 1. The van der Waals surface area contributed by atoms with E-state index >= 15 is 0 Å². The lowest BCUT2D eigenvalue weighted by molar-refractivity contribution is -0.384. The van der Waals surface area contributed by atoms with Gasteiger partial charge in [0.2, 0.25) is 0 Å². The van der Waals surface area contributed by atoms with Gasteiger partial charge in [0.15, 0.2) is 0 Å². The molecule has 0 bridgehead atoms. The smallest absolute Gasteiger partial charge is 0.323 e. The topological polar surface area (TPSA) is 112 Å². The van der Waals surface area contributed by atoms with E-state index < -0.39 is 11.0 Å². The minimum atomic E-state index is -0.588. The van der Waals surface area contributed by atoms with Crippen LogP contribution in [0.25, 0.3) is 0 Å². The lowest BCUT2D eigenvalue weighted by atomic mass is 10.2. The predicted molar refractivity (Wildman–Crippen MR) is 91.8 cm³/mol. The molecule has 9 nitrogen and oxygen atoms in total. The average Bonchev–Trinajstić information content (AvgIpc) is 2.61. The molecule has 25 heavy (non-hydrogen) atoms. The highest BCUT2D eigenvalue weighted by molar-refractivity contribution is 6.02. The molecule has 2 amide bonds. The molecule has 0 atom stereocenters. The Morgan fingerprint density at radius 1 is 0.960 bits per heavy atom. The lowest BCUT2D eigenvalue weighted by Gasteiger charge is -2.15. The van der Waals surface area contributed by atoms with Gasteiger partial charge in [-0.05, 0) is 18.2 Å². The molecule has 0 saturated carbocycles. The normalized spacial score (nSPS) is 9.88. The number of para-hydroxylation sites is 1. The van der Waals surface area contributed by atoms with Crippen molar-refractivity contribution in [2.24, 2.45) is 0 Å². The summed E-state index contributed by atoms with van der Waals surface area (Å²) in [5, 5.41) is 16.0. The van der Waals surface area contributed by atoms with E-state index in [1.807, 2.05) is 0 Å². The Labute approximate surface area is 143 Å². The zero-order chi connectivity index (χ0) is 18.4. The molecule has 0 aromatic heterocycles. The maximum atomic E-state index is 12.3. The van der Waals surface area contributed by atoms with Crippen molar-refractivity contribution in [1.82, 2.24) is 0 Å². The Balaban J connectivity index is 2.23. The first kappa shape index (κ1) is 17.9. The molecule has 2 aromatic rings. The van der Waals surface area contributed by atoms with Crippen LogP contribution in [-0.4, -0.2) is 32.3 Å². The number of methoxy groups -OCH3 is 3. The Hall–Kier alpha value is -3.49. The summed E-state index contributed by atoms with van der Waals surface area (Å²) in [7, 11) is 4.29. The number of nitrogens with zero attached hydrogens (tertiary/aromatic N) is 1. The van der Waals surface area contributed by atoms with Gasteiger partial charge < -0.3 is 24.8 Å². The van der Waals surface area contributed by atoms with Crippen LogP contribution in [0.1, 0.15) is 0 Å². The summed E-state index contributed by atoms with van der Waals surface area (Å²) in [5.74, 6) is 1.01. The van der Waals surface area contributed by atoms with Crippen LogP contribution in [-0.2, 0) is 0 Å². The van der Waals surface area contributed by atoms with E-state index in [1.54, 1.807) is 18.2 Å². The minimum Gasteiger partial charge on any atom is -0.494 e. The molecule has 0 radical (unpaired) electrons. The highest BCUT2D eigenvalue weighted by atomic mass is 16.6. The summed E-state index contributed by atoms with van der Waals surface area (Å²) in [6, 6.07) is 8.35. The number of non-ortho nitro benzene ring substituents is 1. The number of nitro benzene ring substituents is 1. The highest BCUT2D eigenvalue weighted by Gasteiger charge is 2.16. The number of anilines is 2. The van der Waals surface area contributed by atoms with Crippen LogP contribution in [0.4, 0.5) is 21.9 Å². The van der Waals surface area contributed by atoms with Crippen LogP contribution in [0.2, 0.25) is 0 Å². The van der Waals surface area contributed by atoms with Gasteiger partial charge in [-0.3, -0.25) is 10.1 Å². The zero-order valence-electron chi connectivity index (χ0n) is 13.9. The van der Waals surface area contributed by atoms with Gasteiger partial charge in [0.25, 0.3) is 5.69 Å². The number of hydrogen-bond acceptors (Lipinski definition) is 6. The summed E-state index contributed by atoms with van der Waals surface area (Å²) >= 11 is 0. The van der Waals surface area contributed by atoms with Gasteiger partial charge in [0.1, 0.15) is 22.9 Å². The number of ether oxygens (including phenoxy) is 3. The predicted octanol–water partition coefficient (Wildman–Crippen LogP) is 3.26. The molecule has 0 aliphatic rings. The number of amides is 2. The monoisotopic (exact) mass is 347 g/mol. The zero-order valence-corrected chi connectivity index (χ0v) is 13.9. The van der Waals surface area contributed by atoms with E-state index in [9.17, 15) is 14.9 Å². The number of carbonyl (C=O) groups excluding carboxylic acids is 1.